The predicted octanol–water partition coefficient (Wildman–Crippen LogP) is 1.36. The molecule has 1 unspecified atom stereocenters. The van der Waals surface area contributed by atoms with Gasteiger partial charge in [0.25, 0.3) is 0 Å². The fourth-order valence-electron chi connectivity index (χ4n) is 0.969. The van der Waals surface area contributed by atoms with E-state index in [1.165, 1.54) is 19.8 Å². The number of carbonyl (C=O) groups excluding carboxylic acids is 1. The van der Waals surface area contributed by atoms with Crippen molar-refractivity contribution in [1.29, 1.82) is 0 Å². The Hall–Kier alpha value is -0.0900. The Balaban J connectivity index is 3.19. The van der Waals surface area contributed by atoms with Crippen LogP contribution in [0.3, 0.4) is 0 Å². The maximum Gasteiger partial charge on any atom is 0.218 e. The number of alkyl halides is 1. The topological polar surface area (TPSA) is 55.1 Å². The maximum absolute atomic E-state index is 10.5. The van der Waals surface area contributed by atoms with Gasteiger partial charge in [-0.3, -0.25) is 4.79 Å². The van der Waals surface area contributed by atoms with Crippen molar-refractivity contribution in [2.45, 2.75) is 38.8 Å². The van der Waals surface area contributed by atoms with E-state index in [0.29, 0.717) is 0 Å². The monoisotopic (exact) mass is 236 g/mol. The van der Waals surface area contributed by atoms with E-state index in [9.17, 15) is 4.79 Å². The molecule has 0 aliphatic heterocycles. The Morgan fingerprint density at radius 1 is 1.50 bits per heavy atom. The molecule has 0 fully saturated rings. The van der Waals surface area contributed by atoms with Crippen LogP contribution in [-0.4, -0.2) is 17.4 Å². The molecule has 0 spiro atoms. The van der Waals surface area contributed by atoms with E-state index in [4.69, 9.17) is 5.73 Å². The molecular weight excluding hydrogens is 220 g/mol. The number of carbonyl (C=O) groups is 1. The summed E-state index contributed by atoms with van der Waals surface area (Å²) in [4.78, 5) is 10.5. The molecule has 0 aromatic carbocycles. The van der Waals surface area contributed by atoms with Gasteiger partial charge in [0, 0.05) is 12.3 Å². The average molecular weight is 237 g/mol. The molecule has 1 amide bonds. The highest BCUT2D eigenvalue weighted by Crippen LogP contribution is 2.02. The smallest absolute Gasteiger partial charge is 0.218 e. The van der Waals surface area contributed by atoms with Crippen LogP contribution in [0, 0.1) is 0 Å². The minimum absolute atomic E-state index is 0.0528. The van der Waals surface area contributed by atoms with Crippen LogP contribution in [-0.2, 0) is 4.79 Å². The third kappa shape index (κ3) is 8.01. The minimum atomic E-state index is -0.169. The molecule has 3 N–H and O–H groups in total. The first-order valence-corrected chi connectivity index (χ1v) is 5.37. The summed E-state index contributed by atoms with van der Waals surface area (Å²) < 4.78 is 0. The lowest BCUT2D eigenvalue weighted by Gasteiger charge is -2.11. The number of halogens is 1. The van der Waals surface area contributed by atoms with E-state index in [2.05, 4.69) is 21.2 Å². The van der Waals surface area contributed by atoms with Crippen molar-refractivity contribution in [3.8, 4) is 0 Å². The third-order valence-electron chi connectivity index (χ3n) is 1.54. The summed E-state index contributed by atoms with van der Waals surface area (Å²) in [6, 6.07) is 0. The Morgan fingerprint density at radius 3 is 2.67 bits per heavy atom. The lowest BCUT2D eigenvalue weighted by atomic mass is 10.2. The van der Waals surface area contributed by atoms with Gasteiger partial charge in [-0.05, 0) is 12.8 Å². The van der Waals surface area contributed by atoms with Gasteiger partial charge in [-0.1, -0.05) is 28.8 Å². The number of unbranched alkanes of at least 4 members (excludes halogenated alkanes) is 2. The molecule has 12 heavy (non-hydrogen) atoms. The number of rotatable bonds is 6. The largest absolute Gasteiger partial charge is 0.341 e. The summed E-state index contributed by atoms with van der Waals surface area (Å²) in [5.41, 5.74) is 5.61. The minimum Gasteiger partial charge on any atom is -0.341 e. The molecule has 1 atom stereocenters. The zero-order valence-corrected chi connectivity index (χ0v) is 9.06. The molecule has 0 saturated carbocycles. The van der Waals surface area contributed by atoms with E-state index >= 15 is 0 Å². The zero-order valence-electron chi connectivity index (χ0n) is 7.48. The Labute approximate surface area is 82.2 Å². The normalized spacial score (nSPS) is 12.6. The Bertz CT molecular complexity index is 130. The molecule has 0 aromatic rings. The van der Waals surface area contributed by atoms with Crippen molar-refractivity contribution in [3.63, 3.8) is 0 Å². The molecule has 4 heteroatoms. The van der Waals surface area contributed by atoms with Crippen LogP contribution in [0.1, 0.15) is 32.6 Å². The number of nitrogens with one attached hydrogen (secondary N) is 1. The van der Waals surface area contributed by atoms with Gasteiger partial charge in [0.05, 0.1) is 6.17 Å². The second kappa shape index (κ2) is 7.55. The first-order valence-electron chi connectivity index (χ1n) is 4.25. The Kier molecular flexibility index (Phi) is 7.50. The second-order valence-corrected chi connectivity index (χ2v) is 3.64. The van der Waals surface area contributed by atoms with Gasteiger partial charge in [-0.25, -0.2) is 0 Å². The molecule has 0 aliphatic rings. The van der Waals surface area contributed by atoms with Crippen LogP contribution in [0.4, 0.5) is 0 Å². The molecule has 3 nitrogen and oxygen atoms in total. The lowest BCUT2D eigenvalue weighted by molar-refractivity contribution is -0.119. The van der Waals surface area contributed by atoms with Crippen molar-refractivity contribution in [2.75, 3.05) is 5.33 Å². The summed E-state index contributed by atoms with van der Waals surface area (Å²) in [6.07, 6.45) is 4.11. The van der Waals surface area contributed by atoms with Gasteiger partial charge in [0.2, 0.25) is 5.91 Å². The average Bonchev–Trinajstić information content (AvgIpc) is 1.97. The summed E-state index contributed by atoms with van der Waals surface area (Å²) in [5, 5.41) is 3.69. The van der Waals surface area contributed by atoms with Crippen molar-refractivity contribution in [1.82, 2.24) is 5.32 Å². The van der Waals surface area contributed by atoms with Gasteiger partial charge < -0.3 is 11.1 Å². The van der Waals surface area contributed by atoms with Crippen molar-refractivity contribution < 1.29 is 4.79 Å². The van der Waals surface area contributed by atoms with E-state index in [-0.39, 0.29) is 12.1 Å². The third-order valence-corrected chi connectivity index (χ3v) is 2.10. The molecular formula is C8H17BrN2O. The van der Waals surface area contributed by atoms with E-state index in [0.717, 1.165) is 18.2 Å². The molecule has 0 aliphatic carbocycles. The van der Waals surface area contributed by atoms with Crippen molar-refractivity contribution in [2.24, 2.45) is 5.73 Å². The van der Waals surface area contributed by atoms with Gasteiger partial charge in [-0.2, -0.15) is 0 Å². The van der Waals surface area contributed by atoms with E-state index in [1.807, 2.05) is 0 Å². The number of hydrogen-bond acceptors (Lipinski definition) is 2. The van der Waals surface area contributed by atoms with Crippen LogP contribution in [0.2, 0.25) is 0 Å². The number of hydrogen-bond donors (Lipinski definition) is 2. The van der Waals surface area contributed by atoms with Crippen LogP contribution < -0.4 is 11.1 Å². The van der Waals surface area contributed by atoms with Gasteiger partial charge in [-0.15, -0.1) is 0 Å². The van der Waals surface area contributed by atoms with Gasteiger partial charge in [0.15, 0.2) is 0 Å². The predicted molar refractivity (Wildman–Crippen MR) is 54.1 cm³/mol. The van der Waals surface area contributed by atoms with Crippen LogP contribution >= 0.6 is 15.9 Å². The molecule has 0 saturated heterocycles. The highest BCUT2D eigenvalue weighted by atomic mass is 79.9. The first kappa shape index (κ1) is 11.9. The van der Waals surface area contributed by atoms with Crippen LogP contribution in [0.5, 0.6) is 0 Å². The maximum atomic E-state index is 10.5. The molecule has 72 valence electrons. The summed E-state index contributed by atoms with van der Waals surface area (Å²) in [6.45, 7) is 1.48. The number of amides is 1. The SMILES string of the molecule is CC(=O)NC(N)CCCCCBr. The number of nitrogens with two attached hydrogens (primary N) is 1. The van der Waals surface area contributed by atoms with Crippen molar-refractivity contribution in [3.05, 3.63) is 0 Å². The highest BCUT2D eigenvalue weighted by Gasteiger charge is 2.01. The highest BCUT2D eigenvalue weighted by molar-refractivity contribution is 9.09. The fraction of sp³-hybridized carbons (Fsp3) is 0.875. The first-order chi connectivity index (χ1) is 5.66. The lowest BCUT2D eigenvalue weighted by Crippen LogP contribution is -2.40. The zero-order chi connectivity index (χ0) is 9.40. The second-order valence-electron chi connectivity index (χ2n) is 2.85. The molecule has 0 bridgehead atoms. The van der Waals surface area contributed by atoms with E-state index in [1.54, 1.807) is 0 Å². The molecule has 0 radical (unpaired) electrons. The quantitative estimate of drug-likeness (QED) is 0.416. The summed E-state index contributed by atoms with van der Waals surface area (Å²) in [5.74, 6) is -0.0528. The molecule has 0 aromatic heterocycles. The summed E-state index contributed by atoms with van der Waals surface area (Å²) in [7, 11) is 0. The molecule has 0 rings (SSSR count). The van der Waals surface area contributed by atoms with Crippen molar-refractivity contribution >= 4 is 21.8 Å². The van der Waals surface area contributed by atoms with E-state index < -0.39 is 0 Å². The van der Waals surface area contributed by atoms with Gasteiger partial charge in [0.1, 0.15) is 0 Å². The Morgan fingerprint density at radius 2 is 2.17 bits per heavy atom. The standard InChI is InChI=1S/C8H17BrN2O/c1-7(12)11-8(10)5-3-2-4-6-9/h8H,2-6,10H2,1H3,(H,11,12). The van der Waals surface area contributed by atoms with Crippen LogP contribution in [0.25, 0.3) is 0 Å². The van der Waals surface area contributed by atoms with Gasteiger partial charge >= 0.3 is 0 Å². The summed E-state index contributed by atoms with van der Waals surface area (Å²) >= 11 is 3.36. The fourth-order valence-corrected chi connectivity index (χ4v) is 1.37. The van der Waals surface area contributed by atoms with Crippen LogP contribution in [0.15, 0.2) is 0 Å². The molecule has 0 heterocycles.